The van der Waals surface area contributed by atoms with Crippen LogP contribution in [0.5, 0.6) is 0 Å². The van der Waals surface area contributed by atoms with Gasteiger partial charge in [0.25, 0.3) is 0 Å². The maximum atomic E-state index is 5.39. The second-order valence-electron chi connectivity index (χ2n) is 14.8. The van der Waals surface area contributed by atoms with E-state index >= 15 is 0 Å². The lowest BCUT2D eigenvalue weighted by Crippen LogP contribution is -2.12. The Balaban J connectivity index is 1.06. The number of aromatic nitrogens is 5. The molecule has 3 heterocycles. The zero-order chi connectivity index (χ0) is 37.5. The van der Waals surface area contributed by atoms with Gasteiger partial charge >= 0.3 is 0 Å². The van der Waals surface area contributed by atoms with E-state index in [1.54, 1.807) is 0 Å². The standard InChI is InChI=1S/C52H33N5/c1-3-25-43-37(19-1)38-20-2-4-26-44(38)49(43)51-53-50(54-52(55-51)57-47-29-11-7-23-41(47)42-24-8-12-30-48(42)57)35-17-13-15-33(31-35)34-16-14-18-36(32-34)56-45-27-9-5-21-39(45)40-22-6-10-28-46(40)56/h1-32,49H. The van der Waals surface area contributed by atoms with E-state index in [1.807, 2.05) is 0 Å². The Bertz CT molecular complexity index is 3240. The van der Waals surface area contributed by atoms with Crippen molar-refractivity contribution in [3.63, 3.8) is 0 Å². The Hall–Kier alpha value is -7.63. The molecule has 0 N–H and O–H groups in total. The van der Waals surface area contributed by atoms with Gasteiger partial charge in [-0.3, -0.25) is 4.57 Å². The Morgan fingerprint density at radius 2 is 0.807 bits per heavy atom. The van der Waals surface area contributed by atoms with Gasteiger partial charge in [-0.15, -0.1) is 0 Å². The van der Waals surface area contributed by atoms with Crippen molar-refractivity contribution in [3.8, 4) is 45.3 Å². The van der Waals surface area contributed by atoms with Crippen LogP contribution in [-0.2, 0) is 0 Å². The predicted molar refractivity (Wildman–Crippen MR) is 232 cm³/mol. The molecule has 0 radical (unpaired) electrons. The lowest BCUT2D eigenvalue weighted by atomic mass is 9.96. The third kappa shape index (κ3) is 4.85. The van der Waals surface area contributed by atoms with E-state index in [9.17, 15) is 0 Å². The summed E-state index contributed by atoms with van der Waals surface area (Å²) in [6.45, 7) is 0. The van der Waals surface area contributed by atoms with E-state index in [1.165, 1.54) is 54.8 Å². The Kier molecular flexibility index (Phi) is 6.92. The first-order chi connectivity index (χ1) is 28.3. The van der Waals surface area contributed by atoms with Crippen molar-refractivity contribution in [2.75, 3.05) is 0 Å². The molecule has 1 aliphatic rings. The molecule has 0 fully saturated rings. The largest absolute Gasteiger partial charge is 0.309 e. The van der Waals surface area contributed by atoms with Crippen molar-refractivity contribution in [2.24, 2.45) is 0 Å². The lowest BCUT2D eigenvalue weighted by molar-refractivity contribution is 0.823. The average molecular weight is 728 g/mol. The molecule has 3 aromatic heterocycles. The van der Waals surface area contributed by atoms with Gasteiger partial charge in [-0.2, -0.15) is 9.97 Å². The third-order valence-electron chi connectivity index (χ3n) is 11.7. The van der Waals surface area contributed by atoms with Gasteiger partial charge in [0.05, 0.1) is 28.0 Å². The van der Waals surface area contributed by atoms with Crippen molar-refractivity contribution in [1.82, 2.24) is 24.1 Å². The molecule has 57 heavy (non-hydrogen) atoms. The van der Waals surface area contributed by atoms with E-state index in [0.717, 1.165) is 39.2 Å². The van der Waals surface area contributed by atoms with Crippen LogP contribution in [0, 0.1) is 0 Å². The summed E-state index contributed by atoms with van der Waals surface area (Å²) in [5.74, 6) is 1.83. The first kappa shape index (κ1) is 31.7. The van der Waals surface area contributed by atoms with Crippen molar-refractivity contribution < 1.29 is 0 Å². The van der Waals surface area contributed by atoms with Crippen molar-refractivity contribution in [3.05, 3.63) is 211 Å². The second-order valence-corrected chi connectivity index (χ2v) is 14.8. The number of rotatable bonds is 5. The molecule has 0 aliphatic heterocycles. The third-order valence-corrected chi connectivity index (χ3v) is 11.7. The van der Waals surface area contributed by atoms with Crippen LogP contribution in [0.2, 0.25) is 0 Å². The molecule has 5 heteroatoms. The summed E-state index contributed by atoms with van der Waals surface area (Å²) < 4.78 is 4.57. The molecule has 0 atom stereocenters. The SMILES string of the molecule is c1cc(-c2cccc(-n3c4ccccc4c4ccccc43)c2)cc(-c2nc(C3c4ccccc4-c4ccccc43)nc(-n3c4ccccc4c4ccccc43)n2)c1. The highest BCUT2D eigenvalue weighted by Crippen LogP contribution is 2.47. The summed E-state index contributed by atoms with van der Waals surface area (Å²) in [6, 6.07) is 69.1. The number of hydrogen-bond acceptors (Lipinski definition) is 3. The van der Waals surface area contributed by atoms with Crippen LogP contribution in [0.25, 0.3) is 88.9 Å². The number of hydrogen-bond donors (Lipinski definition) is 0. The molecule has 8 aromatic carbocycles. The highest BCUT2D eigenvalue weighted by molar-refractivity contribution is 6.10. The summed E-state index contributed by atoms with van der Waals surface area (Å²) >= 11 is 0. The molecule has 11 aromatic rings. The van der Waals surface area contributed by atoms with Crippen LogP contribution in [0.4, 0.5) is 0 Å². The van der Waals surface area contributed by atoms with Gasteiger partial charge in [-0.1, -0.05) is 152 Å². The summed E-state index contributed by atoms with van der Waals surface area (Å²) in [4.78, 5) is 16.1. The first-order valence-corrected chi connectivity index (χ1v) is 19.4. The molecule has 1 aliphatic carbocycles. The predicted octanol–water partition coefficient (Wildman–Crippen LogP) is 12.6. The summed E-state index contributed by atoms with van der Waals surface area (Å²) in [6.07, 6.45) is 0. The van der Waals surface area contributed by atoms with Gasteiger partial charge in [-0.25, -0.2) is 4.98 Å². The monoisotopic (exact) mass is 727 g/mol. The van der Waals surface area contributed by atoms with Crippen LogP contribution < -0.4 is 0 Å². The molecule has 5 nitrogen and oxygen atoms in total. The molecule has 0 amide bonds. The fourth-order valence-corrected chi connectivity index (χ4v) is 9.17. The minimum atomic E-state index is -0.142. The van der Waals surface area contributed by atoms with Gasteiger partial charge < -0.3 is 4.57 Å². The number of fused-ring (bicyclic) bond motifs is 9. The molecule has 0 saturated heterocycles. The highest BCUT2D eigenvalue weighted by atomic mass is 15.2. The Labute approximate surface area is 328 Å². The first-order valence-electron chi connectivity index (χ1n) is 19.4. The van der Waals surface area contributed by atoms with E-state index in [0.29, 0.717) is 11.8 Å². The van der Waals surface area contributed by atoms with Crippen molar-refractivity contribution >= 4 is 43.6 Å². The van der Waals surface area contributed by atoms with Crippen LogP contribution in [0.15, 0.2) is 194 Å². The van der Waals surface area contributed by atoms with Gasteiger partial charge in [0.1, 0.15) is 5.82 Å². The minimum absolute atomic E-state index is 0.142. The fraction of sp³-hybridized carbons (Fsp3) is 0.0192. The zero-order valence-corrected chi connectivity index (χ0v) is 30.8. The van der Waals surface area contributed by atoms with E-state index in [2.05, 4.69) is 203 Å². The van der Waals surface area contributed by atoms with Crippen LogP contribution in [0.3, 0.4) is 0 Å². The molecular formula is C52H33N5. The van der Waals surface area contributed by atoms with Gasteiger partial charge in [0, 0.05) is 32.8 Å². The van der Waals surface area contributed by atoms with Crippen LogP contribution in [-0.4, -0.2) is 24.1 Å². The average Bonchev–Trinajstić information content (AvgIpc) is 3.92. The second kappa shape index (κ2) is 12.4. The van der Waals surface area contributed by atoms with Crippen LogP contribution in [0.1, 0.15) is 22.9 Å². The molecule has 0 unspecified atom stereocenters. The zero-order valence-electron chi connectivity index (χ0n) is 30.8. The molecule has 0 saturated carbocycles. The molecule has 266 valence electrons. The molecule has 0 spiro atoms. The lowest BCUT2D eigenvalue weighted by Gasteiger charge is -2.16. The summed E-state index contributed by atoms with van der Waals surface area (Å²) in [5.41, 5.74) is 13.6. The minimum Gasteiger partial charge on any atom is -0.309 e. The summed E-state index contributed by atoms with van der Waals surface area (Å²) in [5, 5.41) is 4.83. The number of benzene rings is 8. The van der Waals surface area contributed by atoms with Gasteiger partial charge in [0.15, 0.2) is 5.82 Å². The highest BCUT2D eigenvalue weighted by Gasteiger charge is 2.32. The van der Waals surface area contributed by atoms with Crippen LogP contribution >= 0.6 is 0 Å². The topological polar surface area (TPSA) is 48.5 Å². The normalized spacial score (nSPS) is 12.5. The maximum absolute atomic E-state index is 5.39. The van der Waals surface area contributed by atoms with E-state index < -0.39 is 0 Å². The fourth-order valence-electron chi connectivity index (χ4n) is 9.17. The quantitative estimate of drug-likeness (QED) is 0.177. The summed E-state index contributed by atoms with van der Waals surface area (Å²) in [7, 11) is 0. The van der Waals surface area contributed by atoms with Crippen molar-refractivity contribution in [1.29, 1.82) is 0 Å². The number of para-hydroxylation sites is 4. The smallest absolute Gasteiger partial charge is 0.238 e. The van der Waals surface area contributed by atoms with E-state index in [4.69, 9.17) is 15.0 Å². The Morgan fingerprint density at radius 3 is 1.39 bits per heavy atom. The molecule has 0 bridgehead atoms. The number of nitrogens with zero attached hydrogens (tertiary/aromatic N) is 5. The van der Waals surface area contributed by atoms with Gasteiger partial charge in [0.2, 0.25) is 5.95 Å². The molecular weight excluding hydrogens is 695 g/mol. The van der Waals surface area contributed by atoms with E-state index in [-0.39, 0.29) is 5.92 Å². The molecule has 12 rings (SSSR count). The van der Waals surface area contributed by atoms with Gasteiger partial charge in [-0.05, 0) is 75.8 Å². The Morgan fingerprint density at radius 1 is 0.351 bits per heavy atom. The maximum Gasteiger partial charge on any atom is 0.238 e. The van der Waals surface area contributed by atoms with Crippen molar-refractivity contribution in [2.45, 2.75) is 5.92 Å².